The highest BCUT2D eigenvalue weighted by atomic mass is 35.5. The van der Waals surface area contributed by atoms with E-state index in [1.807, 2.05) is 0 Å². The van der Waals surface area contributed by atoms with E-state index in [-0.39, 0.29) is 29.6 Å². The predicted molar refractivity (Wildman–Crippen MR) is 107 cm³/mol. The molecule has 0 bridgehead atoms. The minimum Gasteiger partial charge on any atom is -0.464 e. The lowest BCUT2D eigenvalue weighted by molar-refractivity contribution is -0.117. The lowest BCUT2D eigenvalue weighted by Crippen LogP contribution is -2.43. The molecule has 0 aliphatic rings. The zero-order valence-electron chi connectivity index (χ0n) is 17.1. The Bertz CT molecular complexity index is 897. The summed E-state index contributed by atoms with van der Waals surface area (Å²) in [5.41, 5.74) is -0.533. The third-order valence-corrected chi connectivity index (χ3v) is 3.86. The quantitative estimate of drug-likeness (QED) is 0.513. The number of rotatable bonds is 7. The summed E-state index contributed by atoms with van der Waals surface area (Å²) in [5, 5.41) is 10.0. The SMILES string of the molecule is COC(=O)c1ccc(NC(=O)CN(CCn2ccnn2)C(=O)OC(C)(C)C)c(Cl)n1. The third kappa shape index (κ3) is 6.99. The number of nitrogens with zero attached hydrogens (tertiary/aromatic N) is 5. The number of esters is 1. The molecule has 0 saturated heterocycles. The Morgan fingerprint density at radius 3 is 2.57 bits per heavy atom. The van der Waals surface area contributed by atoms with Crippen molar-refractivity contribution in [3.05, 3.63) is 35.4 Å². The van der Waals surface area contributed by atoms with E-state index in [1.165, 1.54) is 35.0 Å². The predicted octanol–water partition coefficient (Wildman–Crippen LogP) is 1.99. The van der Waals surface area contributed by atoms with Crippen molar-refractivity contribution in [2.24, 2.45) is 0 Å². The van der Waals surface area contributed by atoms with Gasteiger partial charge in [-0.25, -0.2) is 14.6 Å². The van der Waals surface area contributed by atoms with Crippen molar-refractivity contribution in [1.29, 1.82) is 0 Å². The number of hydrogen-bond acceptors (Lipinski definition) is 8. The van der Waals surface area contributed by atoms with Gasteiger partial charge < -0.3 is 14.8 Å². The molecule has 2 aromatic heterocycles. The number of halogens is 1. The summed E-state index contributed by atoms with van der Waals surface area (Å²) in [5.74, 6) is -1.17. The fourth-order valence-electron chi connectivity index (χ4n) is 2.25. The number of aromatic nitrogens is 4. The van der Waals surface area contributed by atoms with Crippen LogP contribution in [0.3, 0.4) is 0 Å². The Morgan fingerprint density at radius 2 is 2.00 bits per heavy atom. The molecule has 12 heteroatoms. The summed E-state index contributed by atoms with van der Waals surface area (Å²) in [6.45, 7) is 5.39. The zero-order valence-corrected chi connectivity index (χ0v) is 17.8. The number of pyridine rings is 1. The highest BCUT2D eigenvalue weighted by Crippen LogP contribution is 2.20. The van der Waals surface area contributed by atoms with Crippen molar-refractivity contribution in [2.45, 2.75) is 32.9 Å². The van der Waals surface area contributed by atoms with Crippen LogP contribution in [0.25, 0.3) is 0 Å². The highest BCUT2D eigenvalue weighted by molar-refractivity contribution is 6.32. The molecule has 162 valence electrons. The molecule has 0 radical (unpaired) electrons. The number of carbonyl (C=O) groups is 3. The molecule has 0 atom stereocenters. The van der Waals surface area contributed by atoms with Crippen LogP contribution in [0.15, 0.2) is 24.5 Å². The first-order chi connectivity index (χ1) is 14.1. The van der Waals surface area contributed by atoms with Gasteiger partial charge in [0.2, 0.25) is 5.91 Å². The van der Waals surface area contributed by atoms with Crippen LogP contribution < -0.4 is 5.32 Å². The van der Waals surface area contributed by atoms with Gasteiger partial charge in [-0.05, 0) is 32.9 Å². The van der Waals surface area contributed by atoms with E-state index < -0.39 is 23.6 Å². The van der Waals surface area contributed by atoms with Crippen LogP contribution in [0.5, 0.6) is 0 Å². The van der Waals surface area contributed by atoms with E-state index in [4.69, 9.17) is 16.3 Å². The Labute approximate surface area is 178 Å². The maximum atomic E-state index is 12.5. The van der Waals surface area contributed by atoms with E-state index in [2.05, 4.69) is 25.3 Å². The number of carbonyl (C=O) groups excluding carboxylic acids is 3. The number of nitrogens with one attached hydrogen (secondary N) is 1. The average Bonchev–Trinajstić information content (AvgIpc) is 3.18. The van der Waals surface area contributed by atoms with Gasteiger partial charge in [-0.2, -0.15) is 0 Å². The van der Waals surface area contributed by atoms with Crippen LogP contribution in [-0.2, 0) is 20.8 Å². The Morgan fingerprint density at radius 1 is 1.27 bits per heavy atom. The van der Waals surface area contributed by atoms with Crippen molar-refractivity contribution in [3.63, 3.8) is 0 Å². The molecule has 0 aromatic carbocycles. The van der Waals surface area contributed by atoms with Gasteiger partial charge in [0.15, 0.2) is 5.15 Å². The second kappa shape index (κ2) is 10.0. The first kappa shape index (κ1) is 23.1. The first-order valence-electron chi connectivity index (χ1n) is 8.96. The normalized spacial score (nSPS) is 11.0. The number of hydrogen-bond donors (Lipinski definition) is 1. The van der Waals surface area contributed by atoms with Gasteiger partial charge in [0, 0.05) is 12.7 Å². The van der Waals surface area contributed by atoms with Gasteiger partial charge in [-0.15, -0.1) is 5.10 Å². The largest absolute Gasteiger partial charge is 0.464 e. The fraction of sp³-hybridized carbons (Fsp3) is 0.444. The second-order valence-electron chi connectivity index (χ2n) is 7.14. The molecule has 0 aliphatic heterocycles. The molecule has 0 fully saturated rings. The Hall–Kier alpha value is -3.21. The first-order valence-corrected chi connectivity index (χ1v) is 9.33. The minimum absolute atomic E-state index is 0.00344. The molecular weight excluding hydrogens is 416 g/mol. The van der Waals surface area contributed by atoms with E-state index >= 15 is 0 Å². The molecule has 0 spiro atoms. The van der Waals surface area contributed by atoms with Crippen molar-refractivity contribution < 1.29 is 23.9 Å². The fourth-order valence-corrected chi connectivity index (χ4v) is 2.45. The van der Waals surface area contributed by atoms with E-state index in [0.29, 0.717) is 6.54 Å². The van der Waals surface area contributed by atoms with Gasteiger partial charge >= 0.3 is 12.1 Å². The summed E-state index contributed by atoms with van der Waals surface area (Å²) >= 11 is 6.03. The van der Waals surface area contributed by atoms with Gasteiger partial charge in [0.1, 0.15) is 17.8 Å². The summed E-state index contributed by atoms with van der Waals surface area (Å²) in [7, 11) is 1.22. The summed E-state index contributed by atoms with van der Waals surface area (Å²) in [6.07, 6.45) is 2.50. The minimum atomic E-state index is -0.726. The summed E-state index contributed by atoms with van der Waals surface area (Å²) in [6, 6.07) is 2.79. The third-order valence-electron chi connectivity index (χ3n) is 3.57. The van der Waals surface area contributed by atoms with Crippen molar-refractivity contribution in [2.75, 3.05) is 25.5 Å². The smallest absolute Gasteiger partial charge is 0.410 e. The summed E-state index contributed by atoms with van der Waals surface area (Å²) in [4.78, 5) is 41.6. The molecule has 2 amide bonds. The van der Waals surface area contributed by atoms with E-state index in [1.54, 1.807) is 27.0 Å². The van der Waals surface area contributed by atoms with Crippen molar-refractivity contribution in [3.8, 4) is 0 Å². The number of anilines is 1. The summed E-state index contributed by atoms with van der Waals surface area (Å²) < 4.78 is 11.5. The maximum absolute atomic E-state index is 12.5. The number of ether oxygens (including phenoxy) is 2. The van der Waals surface area contributed by atoms with Crippen molar-refractivity contribution >= 4 is 35.3 Å². The van der Waals surface area contributed by atoms with Crippen LogP contribution in [0.2, 0.25) is 5.15 Å². The van der Waals surface area contributed by atoms with Crippen LogP contribution in [0, 0.1) is 0 Å². The standard InChI is InChI=1S/C18H23ClN6O5/c1-18(2,3)30-17(28)24(9-10-25-8-7-20-23-25)11-14(26)21-12-5-6-13(16(27)29-4)22-15(12)19/h5-8H,9-11H2,1-4H3,(H,21,26). The van der Waals surface area contributed by atoms with Crippen LogP contribution in [0.1, 0.15) is 31.3 Å². The highest BCUT2D eigenvalue weighted by Gasteiger charge is 2.24. The lowest BCUT2D eigenvalue weighted by atomic mass is 10.2. The Balaban J connectivity index is 2.07. The topological polar surface area (TPSA) is 129 Å². The second-order valence-corrected chi connectivity index (χ2v) is 7.50. The van der Waals surface area contributed by atoms with Crippen LogP contribution in [0.4, 0.5) is 10.5 Å². The zero-order chi connectivity index (χ0) is 22.3. The van der Waals surface area contributed by atoms with E-state index in [0.717, 1.165) is 0 Å². The molecular formula is C18H23ClN6O5. The molecule has 2 rings (SSSR count). The average molecular weight is 439 g/mol. The monoisotopic (exact) mass is 438 g/mol. The maximum Gasteiger partial charge on any atom is 0.410 e. The number of amides is 2. The van der Waals surface area contributed by atoms with Crippen molar-refractivity contribution in [1.82, 2.24) is 24.9 Å². The Kier molecular flexibility index (Phi) is 7.70. The number of methoxy groups -OCH3 is 1. The van der Waals surface area contributed by atoms with Gasteiger partial charge in [0.25, 0.3) is 0 Å². The molecule has 11 nitrogen and oxygen atoms in total. The molecule has 2 heterocycles. The molecule has 0 aliphatic carbocycles. The van der Waals surface area contributed by atoms with Crippen LogP contribution >= 0.6 is 11.6 Å². The van der Waals surface area contributed by atoms with Crippen LogP contribution in [-0.4, -0.2) is 68.6 Å². The van der Waals surface area contributed by atoms with Gasteiger partial charge in [-0.1, -0.05) is 16.8 Å². The molecule has 30 heavy (non-hydrogen) atoms. The van der Waals surface area contributed by atoms with Gasteiger partial charge in [0.05, 0.1) is 25.5 Å². The molecule has 0 unspecified atom stereocenters. The van der Waals surface area contributed by atoms with Gasteiger partial charge in [-0.3, -0.25) is 14.4 Å². The lowest BCUT2D eigenvalue weighted by Gasteiger charge is -2.27. The molecule has 2 aromatic rings. The molecule has 1 N–H and O–H groups in total. The molecule has 0 saturated carbocycles. The van der Waals surface area contributed by atoms with E-state index in [9.17, 15) is 14.4 Å².